The molecule has 1 aliphatic heterocycles. The van der Waals surface area contributed by atoms with Crippen LogP contribution in [0, 0.1) is 5.92 Å². The Morgan fingerprint density at radius 1 is 1.45 bits per heavy atom. The van der Waals surface area contributed by atoms with Crippen molar-refractivity contribution in [2.45, 2.75) is 6.42 Å². The molecule has 1 unspecified atom stereocenters. The predicted molar refractivity (Wildman–Crippen MR) is 84.8 cm³/mol. The Bertz CT molecular complexity index is 698. The first-order valence-electron chi connectivity index (χ1n) is 7.29. The van der Waals surface area contributed by atoms with Gasteiger partial charge in [-0.15, -0.1) is 0 Å². The van der Waals surface area contributed by atoms with Gasteiger partial charge in [0.05, 0.1) is 10.6 Å². The molecule has 0 bridgehead atoms. The Morgan fingerprint density at radius 3 is 2.91 bits per heavy atom. The van der Waals surface area contributed by atoms with Crippen LogP contribution in [0.1, 0.15) is 16.8 Å². The van der Waals surface area contributed by atoms with Crippen molar-refractivity contribution in [3.8, 4) is 11.3 Å². The SMILES string of the molecule is Cn1cc(C(=O)N2CCC(CO)C2)c(-c2ccccc2Cl)n1. The van der Waals surface area contributed by atoms with Crippen molar-refractivity contribution >= 4 is 17.5 Å². The van der Waals surface area contributed by atoms with Gasteiger partial charge in [-0.05, 0) is 12.5 Å². The number of hydrogen-bond acceptors (Lipinski definition) is 3. The van der Waals surface area contributed by atoms with E-state index in [1.54, 1.807) is 28.9 Å². The number of nitrogens with zero attached hydrogens (tertiary/aromatic N) is 3. The molecule has 1 aromatic carbocycles. The van der Waals surface area contributed by atoms with E-state index in [4.69, 9.17) is 11.6 Å². The fourth-order valence-corrected chi connectivity index (χ4v) is 3.06. The van der Waals surface area contributed by atoms with E-state index in [0.717, 1.165) is 12.0 Å². The molecule has 2 aromatic rings. The van der Waals surface area contributed by atoms with Crippen LogP contribution >= 0.6 is 11.6 Å². The average molecular weight is 320 g/mol. The summed E-state index contributed by atoms with van der Waals surface area (Å²) in [6, 6.07) is 7.38. The van der Waals surface area contributed by atoms with Crippen LogP contribution in [0.3, 0.4) is 0 Å². The second kappa shape index (κ2) is 6.10. The van der Waals surface area contributed by atoms with Gasteiger partial charge in [0, 0.05) is 44.4 Å². The van der Waals surface area contributed by atoms with Crippen LogP contribution < -0.4 is 0 Å². The Balaban J connectivity index is 1.95. The van der Waals surface area contributed by atoms with E-state index in [0.29, 0.717) is 29.4 Å². The number of aliphatic hydroxyl groups is 1. The van der Waals surface area contributed by atoms with Crippen molar-refractivity contribution in [3.05, 3.63) is 41.0 Å². The Kier molecular flexibility index (Phi) is 4.18. The van der Waals surface area contributed by atoms with Gasteiger partial charge in [-0.2, -0.15) is 5.10 Å². The topological polar surface area (TPSA) is 58.4 Å². The van der Waals surface area contributed by atoms with E-state index in [2.05, 4.69) is 5.10 Å². The molecule has 1 saturated heterocycles. The van der Waals surface area contributed by atoms with Crippen LogP contribution in [0.25, 0.3) is 11.3 Å². The lowest BCUT2D eigenvalue weighted by molar-refractivity contribution is 0.0782. The molecule has 1 fully saturated rings. The van der Waals surface area contributed by atoms with E-state index in [-0.39, 0.29) is 18.4 Å². The highest BCUT2D eigenvalue weighted by Gasteiger charge is 2.29. The van der Waals surface area contributed by atoms with Crippen molar-refractivity contribution < 1.29 is 9.90 Å². The maximum atomic E-state index is 12.8. The van der Waals surface area contributed by atoms with Gasteiger partial charge < -0.3 is 10.0 Å². The largest absolute Gasteiger partial charge is 0.396 e. The first-order valence-corrected chi connectivity index (χ1v) is 7.66. The number of amides is 1. The standard InChI is InChI=1S/C16H18ClN3O2/c1-19-9-13(16(22)20-7-6-11(8-20)10-21)15(18-19)12-4-2-3-5-14(12)17/h2-5,9,11,21H,6-8,10H2,1H3. The Labute approximate surface area is 134 Å². The van der Waals surface area contributed by atoms with Crippen molar-refractivity contribution in [3.63, 3.8) is 0 Å². The quantitative estimate of drug-likeness (QED) is 0.943. The Morgan fingerprint density at radius 2 is 2.23 bits per heavy atom. The Hall–Kier alpha value is -1.85. The van der Waals surface area contributed by atoms with Gasteiger partial charge >= 0.3 is 0 Å². The molecule has 0 aliphatic carbocycles. The number of hydrogen-bond donors (Lipinski definition) is 1. The number of aliphatic hydroxyl groups excluding tert-OH is 1. The number of carbonyl (C=O) groups is 1. The molecule has 1 N–H and O–H groups in total. The summed E-state index contributed by atoms with van der Waals surface area (Å²) >= 11 is 6.24. The molecule has 1 atom stereocenters. The molecular formula is C16H18ClN3O2. The third-order valence-corrected chi connectivity index (χ3v) is 4.35. The van der Waals surface area contributed by atoms with Crippen molar-refractivity contribution in [1.82, 2.24) is 14.7 Å². The molecule has 22 heavy (non-hydrogen) atoms. The predicted octanol–water partition coefficient (Wildman–Crippen LogP) is 2.19. The third-order valence-electron chi connectivity index (χ3n) is 4.02. The number of aryl methyl sites for hydroxylation is 1. The number of rotatable bonds is 3. The van der Waals surface area contributed by atoms with E-state index < -0.39 is 0 Å². The highest BCUT2D eigenvalue weighted by molar-refractivity contribution is 6.33. The maximum absolute atomic E-state index is 12.8. The number of carbonyl (C=O) groups excluding carboxylic acids is 1. The van der Waals surface area contributed by atoms with Crippen LogP contribution in [0.5, 0.6) is 0 Å². The molecule has 1 aliphatic rings. The van der Waals surface area contributed by atoms with E-state index in [1.807, 2.05) is 18.2 Å². The van der Waals surface area contributed by atoms with Gasteiger partial charge in [-0.3, -0.25) is 9.48 Å². The summed E-state index contributed by atoms with van der Waals surface area (Å²) in [5.74, 6) is 0.114. The molecule has 0 spiro atoms. The van der Waals surface area contributed by atoms with Crippen LogP contribution in [-0.4, -0.2) is 45.4 Å². The second-order valence-corrected chi connectivity index (χ2v) is 6.04. The van der Waals surface area contributed by atoms with E-state index in [9.17, 15) is 9.90 Å². The highest BCUT2D eigenvalue weighted by Crippen LogP contribution is 2.30. The zero-order valence-electron chi connectivity index (χ0n) is 12.4. The summed E-state index contributed by atoms with van der Waals surface area (Å²) in [5, 5.41) is 14.2. The van der Waals surface area contributed by atoms with Gasteiger partial charge in [-0.1, -0.05) is 29.8 Å². The van der Waals surface area contributed by atoms with Gasteiger partial charge in [0.25, 0.3) is 5.91 Å². The molecule has 116 valence electrons. The van der Waals surface area contributed by atoms with Gasteiger partial charge in [0.1, 0.15) is 5.69 Å². The number of halogens is 1. The van der Waals surface area contributed by atoms with Crippen LogP contribution in [0.15, 0.2) is 30.5 Å². The van der Waals surface area contributed by atoms with Gasteiger partial charge in [0.15, 0.2) is 0 Å². The molecule has 0 radical (unpaired) electrons. The fourth-order valence-electron chi connectivity index (χ4n) is 2.83. The van der Waals surface area contributed by atoms with E-state index in [1.165, 1.54) is 0 Å². The molecule has 6 heteroatoms. The number of benzene rings is 1. The van der Waals surface area contributed by atoms with Gasteiger partial charge in [-0.25, -0.2) is 0 Å². The minimum Gasteiger partial charge on any atom is -0.396 e. The first kappa shape index (κ1) is 15.1. The maximum Gasteiger partial charge on any atom is 0.257 e. The van der Waals surface area contributed by atoms with Gasteiger partial charge in [0.2, 0.25) is 0 Å². The summed E-state index contributed by atoms with van der Waals surface area (Å²) in [6.07, 6.45) is 2.57. The molecule has 2 heterocycles. The first-order chi connectivity index (χ1) is 10.6. The highest BCUT2D eigenvalue weighted by atomic mass is 35.5. The fraction of sp³-hybridized carbons (Fsp3) is 0.375. The lowest BCUT2D eigenvalue weighted by Crippen LogP contribution is -2.29. The average Bonchev–Trinajstić information content (AvgIpc) is 3.13. The zero-order valence-corrected chi connectivity index (χ0v) is 13.1. The monoisotopic (exact) mass is 319 g/mol. The molecule has 1 aromatic heterocycles. The number of likely N-dealkylation sites (tertiary alicyclic amines) is 1. The van der Waals surface area contributed by atoms with Crippen LogP contribution in [0.2, 0.25) is 5.02 Å². The lowest BCUT2D eigenvalue weighted by Gasteiger charge is -2.16. The minimum absolute atomic E-state index is 0.0565. The lowest BCUT2D eigenvalue weighted by atomic mass is 10.1. The second-order valence-electron chi connectivity index (χ2n) is 5.63. The normalized spacial score (nSPS) is 18.0. The minimum atomic E-state index is -0.0565. The smallest absolute Gasteiger partial charge is 0.257 e. The summed E-state index contributed by atoms with van der Waals surface area (Å²) in [7, 11) is 1.79. The summed E-state index contributed by atoms with van der Waals surface area (Å²) in [6.45, 7) is 1.38. The summed E-state index contributed by atoms with van der Waals surface area (Å²) in [5.41, 5.74) is 1.91. The summed E-state index contributed by atoms with van der Waals surface area (Å²) < 4.78 is 1.63. The van der Waals surface area contributed by atoms with Crippen molar-refractivity contribution in [2.24, 2.45) is 13.0 Å². The van der Waals surface area contributed by atoms with Crippen molar-refractivity contribution in [2.75, 3.05) is 19.7 Å². The van der Waals surface area contributed by atoms with Crippen molar-refractivity contribution in [1.29, 1.82) is 0 Å². The third kappa shape index (κ3) is 2.74. The number of aromatic nitrogens is 2. The molecule has 1 amide bonds. The van der Waals surface area contributed by atoms with Crippen LogP contribution in [0.4, 0.5) is 0 Å². The van der Waals surface area contributed by atoms with Crippen LogP contribution in [-0.2, 0) is 7.05 Å². The molecule has 5 nitrogen and oxygen atoms in total. The molecule has 0 saturated carbocycles. The molecule has 3 rings (SSSR count). The summed E-state index contributed by atoms with van der Waals surface area (Å²) in [4.78, 5) is 14.6. The zero-order chi connectivity index (χ0) is 15.7. The molecular weight excluding hydrogens is 302 g/mol. The van der Waals surface area contributed by atoms with E-state index >= 15 is 0 Å².